The van der Waals surface area contributed by atoms with Crippen LogP contribution in [0.15, 0.2) is 28.0 Å². The van der Waals surface area contributed by atoms with Crippen molar-refractivity contribution in [2.45, 2.75) is 74.7 Å². The van der Waals surface area contributed by atoms with Gasteiger partial charge in [-0.1, -0.05) is 31.0 Å². The average molecular weight is 486 g/mol. The Morgan fingerprint density at radius 1 is 1.24 bits per heavy atom. The number of aryl methyl sites for hydroxylation is 1. The lowest BCUT2D eigenvalue weighted by Gasteiger charge is -2.25. The number of anilines is 1. The Morgan fingerprint density at radius 2 is 2.06 bits per heavy atom. The summed E-state index contributed by atoms with van der Waals surface area (Å²) in [4.78, 5) is 26.3. The third-order valence-electron chi connectivity index (χ3n) is 6.40. The molecule has 0 spiro atoms. The van der Waals surface area contributed by atoms with Crippen LogP contribution in [0.25, 0.3) is 11.6 Å². The van der Waals surface area contributed by atoms with Crippen LogP contribution in [0.2, 0.25) is 0 Å². The number of furan rings is 1. The first kappa shape index (κ1) is 22.2. The molecule has 0 aromatic carbocycles. The highest BCUT2D eigenvalue weighted by atomic mass is 32.2. The molecule has 3 aromatic heterocycles. The largest absolute Gasteiger partial charge is 0.461 e. The number of thioether (sulfide) groups is 1. The van der Waals surface area contributed by atoms with Crippen molar-refractivity contribution in [3.8, 4) is 11.6 Å². The van der Waals surface area contributed by atoms with E-state index in [9.17, 15) is 9.59 Å². The topological polar surface area (TPSA) is 116 Å². The zero-order chi connectivity index (χ0) is 22.9. The molecular formula is C23H27N5O3S2. The number of aromatic nitrogens is 3. The molecule has 3 aromatic rings. The Morgan fingerprint density at radius 3 is 2.79 bits per heavy atom. The Bertz CT molecular complexity index is 1160. The predicted octanol–water partition coefficient (Wildman–Crippen LogP) is 4.81. The smallest absolute Gasteiger partial charge is 0.251 e. The number of hydrogen-bond donors (Lipinski definition) is 2. The maximum absolute atomic E-state index is 13.1. The van der Waals surface area contributed by atoms with Crippen LogP contribution in [-0.2, 0) is 17.6 Å². The van der Waals surface area contributed by atoms with Gasteiger partial charge >= 0.3 is 0 Å². The van der Waals surface area contributed by atoms with E-state index in [1.807, 2.05) is 19.1 Å². The molecule has 0 bridgehead atoms. The van der Waals surface area contributed by atoms with Crippen LogP contribution < -0.4 is 11.1 Å². The SMILES string of the molecule is CC(Sc1nnc(-c2ccco2)n1C1CCCCC1)C(=O)Nc1sc2c(c1C(N)=O)CCC2. The van der Waals surface area contributed by atoms with E-state index < -0.39 is 11.2 Å². The first-order valence-electron chi connectivity index (χ1n) is 11.4. The summed E-state index contributed by atoms with van der Waals surface area (Å²) in [5.74, 6) is 0.717. The number of rotatable bonds is 7. The number of carbonyl (C=O) groups excluding carboxylic acids is 2. The van der Waals surface area contributed by atoms with E-state index in [0.29, 0.717) is 27.3 Å². The lowest BCUT2D eigenvalue weighted by Crippen LogP contribution is -2.25. The summed E-state index contributed by atoms with van der Waals surface area (Å²) in [6.07, 6.45) is 10.1. The Labute approximate surface area is 200 Å². The number of nitrogens with zero attached hydrogens (tertiary/aromatic N) is 3. The van der Waals surface area contributed by atoms with Gasteiger partial charge in [0.05, 0.1) is 17.1 Å². The van der Waals surface area contributed by atoms with Crippen LogP contribution in [0.5, 0.6) is 0 Å². The van der Waals surface area contributed by atoms with Gasteiger partial charge in [0, 0.05) is 10.9 Å². The number of amides is 2. The van der Waals surface area contributed by atoms with Gasteiger partial charge in [-0.3, -0.25) is 14.2 Å². The van der Waals surface area contributed by atoms with Gasteiger partial charge in [-0.25, -0.2) is 0 Å². The van der Waals surface area contributed by atoms with Gasteiger partial charge in [-0.05, 0) is 56.7 Å². The standard InChI is InChI=1S/C23H27N5O3S2/c1-13(21(30)25-22-18(19(24)29)15-9-5-11-17(15)33-22)32-23-27-26-20(16-10-6-12-31-16)28(23)14-7-3-2-4-8-14/h6,10,12-14H,2-5,7-9,11H2,1H3,(H2,24,29)(H,25,30). The fourth-order valence-corrected chi connectivity index (χ4v) is 6.99. The van der Waals surface area contributed by atoms with Gasteiger partial charge in [0.15, 0.2) is 10.9 Å². The normalized spacial score (nSPS) is 17.1. The summed E-state index contributed by atoms with van der Waals surface area (Å²) in [6.45, 7) is 1.84. The van der Waals surface area contributed by atoms with Crippen molar-refractivity contribution in [3.05, 3.63) is 34.4 Å². The van der Waals surface area contributed by atoms with E-state index in [-0.39, 0.29) is 11.9 Å². The number of carbonyl (C=O) groups is 2. The van der Waals surface area contributed by atoms with Gasteiger partial charge in [0.25, 0.3) is 5.91 Å². The van der Waals surface area contributed by atoms with E-state index in [1.165, 1.54) is 42.4 Å². The van der Waals surface area contributed by atoms with Crippen LogP contribution in [0.1, 0.15) is 72.3 Å². The summed E-state index contributed by atoms with van der Waals surface area (Å²) in [6, 6.07) is 4.01. The van der Waals surface area contributed by atoms with Crippen molar-refractivity contribution in [1.82, 2.24) is 14.8 Å². The number of fused-ring (bicyclic) bond motifs is 1. The molecule has 1 fully saturated rings. The molecule has 8 nitrogen and oxygen atoms in total. The van der Waals surface area contributed by atoms with E-state index >= 15 is 0 Å². The number of nitrogens with one attached hydrogen (secondary N) is 1. The maximum atomic E-state index is 13.1. The summed E-state index contributed by atoms with van der Waals surface area (Å²) >= 11 is 2.85. The van der Waals surface area contributed by atoms with Crippen molar-refractivity contribution >= 4 is 39.9 Å². The molecule has 2 aliphatic carbocycles. The Balaban J connectivity index is 1.37. The highest BCUT2D eigenvalue weighted by Gasteiger charge is 2.30. The third-order valence-corrected chi connectivity index (χ3v) is 8.67. The van der Waals surface area contributed by atoms with Crippen LogP contribution in [-0.4, -0.2) is 31.8 Å². The molecule has 5 rings (SSSR count). The molecule has 2 aliphatic rings. The first-order valence-corrected chi connectivity index (χ1v) is 13.1. The van der Waals surface area contributed by atoms with Crippen molar-refractivity contribution in [2.75, 3.05) is 5.32 Å². The summed E-state index contributed by atoms with van der Waals surface area (Å²) < 4.78 is 7.75. The Hall–Kier alpha value is -2.59. The molecule has 0 radical (unpaired) electrons. The third kappa shape index (κ3) is 4.33. The molecule has 3 N–H and O–H groups in total. The molecule has 174 valence electrons. The molecular weight excluding hydrogens is 458 g/mol. The van der Waals surface area contributed by atoms with E-state index in [0.717, 1.165) is 42.5 Å². The summed E-state index contributed by atoms with van der Waals surface area (Å²) in [7, 11) is 0. The van der Waals surface area contributed by atoms with Crippen molar-refractivity contribution in [3.63, 3.8) is 0 Å². The average Bonchev–Trinajstić information content (AvgIpc) is 3.58. The number of nitrogens with two attached hydrogens (primary N) is 1. The second kappa shape index (κ2) is 9.34. The monoisotopic (exact) mass is 485 g/mol. The zero-order valence-electron chi connectivity index (χ0n) is 18.5. The molecule has 0 saturated heterocycles. The van der Waals surface area contributed by atoms with E-state index in [1.54, 1.807) is 6.26 Å². The number of thiophene rings is 1. The van der Waals surface area contributed by atoms with Crippen molar-refractivity contribution < 1.29 is 14.0 Å². The fourth-order valence-electron chi connectivity index (χ4n) is 4.78. The number of hydrogen-bond acceptors (Lipinski definition) is 7. The van der Waals surface area contributed by atoms with E-state index in [4.69, 9.17) is 10.2 Å². The minimum absolute atomic E-state index is 0.180. The predicted molar refractivity (Wildman–Crippen MR) is 129 cm³/mol. The number of primary amides is 1. The summed E-state index contributed by atoms with van der Waals surface area (Å²) in [5, 5.41) is 12.6. The lowest BCUT2D eigenvalue weighted by molar-refractivity contribution is -0.115. The minimum atomic E-state index is -0.481. The molecule has 3 heterocycles. The molecule has 33 heavy (non-hydrogen) atoms. The van der Waals surface area contributed by atoms with Gasteiger partial charge in [-0.2, -0.15) is 0 Å². The highest BCUT2D eigenvalue weighted by molar-refractivity contribution is 8.00. The minimum Gasteiger partial charge on any atom is -0.461 e. The molecule has 10 heteroatoms. The van der Waals surface area contributed by atoms with Crippen LogP contribution in [0.3, 0.4) is 0 Å². The van der Waals surface area contributed by atoms with Crippen molar-refractivity contribution in [1.29, 1.82) is 0 Å². The maximum Gasteiger partial charge on any atom is 0.251 e. The van der Waals surface area contributed by atoms with Gasteiger partial charge < -0.3 is 15.5 Å². The van der Waals surface area contributed by atoms with Crippen molar-refractivity contribution in [2.24, 2.45) is 5.73 Å². The van der Waals surface area contributed by atoms with Gasteiger partial charge in [0.2, 0.25) is 11.7 Å². The molecule has 1 saturated carbocycles. The quantitative estimate of drug-likeness (QED) is 0.464. The van der Waals surface area contributed by atoms with Crippen LogP contribution in [0, 0.1) is 0 Å². The van der Waals surface area contributed by atoms with Crippen LogP contribution in [0.4, 0.5) is 5.00 Å². The fraction of sp³-hybridized carbons (Fsp3) is 0.478. The Kier molecular flexibility index (Phi) is 6.29. The second-order valence-electron chi connectivity index (χ2n) is 8.62. The molecule has 2 amide bonds. The van der Waals surface area contributed by atoms with Crippen LogP contribution >= 0.6 is 23.1 Å². The van der Waals surface area contributed by atoms with E-state index in [2.05, 4.69) is 20.1 Å². The van der Waals surface area contributed by atoms with Gasteiger partial charge in [0.1, 0.15) is 5.00 Å². The van der Waals surface area contributed by atoms with Gasteiger partial charge in [-0.15, -0.1) is 21.5 Å². The molecule has 1 atom stereocenters. The highest BCUT2D eigenvalue weighted by Crippen LogP contribution is 2.40. The summed E-state index contributed by atoms with van der Waals surface area (Å²) in [5.41, 5.74) is 7.12. The molecule has 1 unspecified atom stereocenters. The second-order valence-corrected chi connectivity index (χ2v) is 11.0. The lowest BCUT2D eigenvalue weighted by atomic mass is 9.95. The molecule has 0 aliphatic heterocycles. The zero-order valence-corrected chi connectivity index (χ0v) is 20.1. The first-order chi connectivity index (χ1) is 16.0.